The highest BCUT2D eigenvalue weighted by Crippen LogP contribution is 2.18. The molecule has 2 aromatic heterocycles. The average molecular weight is 251 g/mol. The number of nitrogens with zero attached hydrogens (tertiary/aromatic N) is 3. The third-order valence-electron chi connectivity index (χ3n) is 2.27. The number of nitrogens with one attached hydrogen (secondary N) is 1. The molecule has 0 radical (unpaired) electrons. The average Bonchev–Trinajstić information content (AvgIpc) is 2.61. The summed E-state index contributed by atoms with van der Waals surface area (Å²) in [5.41, 5.74) is 1.68. The van der Waals surface area contributed by atoms with E-state index in [0.29, 0.717) is 16.9 Å². The molecule has 2 aromatic rings. The summed E-state index contributed by atoms with van der Waals surface area (Å²) >= 11 is 5.85. The van der Waals surface area contributed by atoms with E-state index in [1.165, 1.54) is 0 Å². The molecular formula is C11H11ClN4O. The van der Waals surface area contributed by atoms with Gasteiger partial charge in [0, 0.05) is 19.4 Å². The molecule has 1 N–H and O–H groups in total. The second-order valence-corrected chi connectivity index (χ2v) is 3.96. The van der Waals surface area contributed by atoms with Crippen molar-refractivity contribution in [1.29, 1.82) is 0 Å². The molecule has 6 heteroatoms. The van der Waals surface area contributed by atoms with E-state index in [-0.39, 0.29) is 11.1 Å². The second-order valence-electron chi connectivity index (χ2n) is 3.60. The summed E-state index contributed by atoms with van der Waals surface area (Å²) in [6, 6.07) is 3.40. The van der Waals surface area contributed by atoms with Crippen molar-refractivity contribution in [2.45, 2.75) is 6.92 Å². The number of halogens is 1. The van der Waals surface area contributed by atoms with Gasteiger partial charge in [-0.05, 0) is 19.1 Å². The predicted octanol–water partition coefficient (Wildman–Crippen LogP) is 2.03. The minimum Gasteiger partial charge on any atom is -0.319 e. The van der Waals surface area contributed by atoms with E-state index < -0.39 is 0 Å². The lowest BCUT2D eigenvalue weighted by Gasteiger charge is -2.04. The maximum atomic E-state index is 11.9. The lowest BCUT2D eigenvalue weighted by Crippen LogP contribution is -2.12. The molecule has 0 fully saturated rings. The first-order valence-electron chi connectivity index (χ1n) is 5.00. The van der Waals surface area contributed by atoms with Gasteiger partial charge in [-0.25, -0.2) is 4.98 Å². The maximum Gasteiger partial charge on any atom is 0.259 e. The molecule has 0 saturated carbocycles. The van der Waals surface area contributed by atoms with Crippen LogP contribution in [-0.2, 0) is 7.05 Å². The van der Waals surface area contributed by atoms with Gasteiger partial charge in [-0.15, -0.1) is 0 Å². The van der Waals surface area contributed by atoms with Gasteiger partial charge in [0.15, 0.2) is 5.15 Å². The number of carbonyl (C=O) groups is 1. The molecule has 0 unspecified atom stereocenters. The van der Waals surface area contributed by atoms with Gasteiger partial charge in [0.05, 0.1) is 16.9 Å². The predicted molar refractivity (Wildman–Crippen MR) is 65.1 cm³/mol. The van der Waals surface area contributed by atoms with Crippen molar-refractivity contribution in [2.24, 2.45) is 7.05 Å². The molecule has 2 heterocycles. The van der Waals surface area contributed by atoms with E-state index in [1.54, 1.807) is 43.2 Å². The third kappa shape index (κ3) is 2.45. The van der Waals surface area contributed by atoms with Crippen molar-refractivity contribution in [1.82, 2.24) is 14.8 Å². The van der Waals surface area contributed by atoms with Crippen LogP contribution in [0.15, 0.2) is 24.5 Å². The molecule has 0 spiro atoms. The first-order chi connectivity index (χ1) is 8.08. The number of hydrogen-bond acceptors (Lipinski definition) is 3. The SMILES string of the molecule is Cc1nn(C)cc1C(=O)Nc1cccnc1Cl. The zero-order valence-corrected chi connectivity index (χ0v) is 10.2. The Hall–Kier alpha value is -1.88. The van der Waals surface area contributed by atoms with Gasteiger partial charge in [-0.1, -0.05) is 11.6 Å². The number of hydrogen-bond donors (Lipinski definition) is 1. The fourth-order valence-corrected chi connectivity index (χ4v) is 1.66. The van der Waals surface area contributed by atoms with Gasteiger partial charge in [0.25, 0.3) is 5.91 Å². The Morgan fingerprint density at radius 2 is 2.29 bits per heavy atom. The topological polar surface area (TPSA) is 59.8 Å². The van der Waals surface area contributed by atoms with Crippen LogP contribution in [-0.4, -0.2) is 20.7 Å². The molecule has 0 aliphatic heterocycles. The molecule has 0 aromatic carbocycles. The van der Waals surface area contributed by atoms with Crippen LogP contribution in [0.25, 0.3) is 0 Å². The monoisotopic (exact) mass is 250 g/mol. The lowest BCUT2D eigenvalue weighted by atomic mass is 10.2. The highest BCUT2D eigenvalue weighted by atomic mass is 35.5. The normalized spacial score (nSPS) is 10.3. The zero-order valence-electron chi connectivity index (χ0n) is 9.44. The Labute approximate surface area is 103 Å². The van der Waals surface area contributed by atoms with Crippen LogP contribution in [0.5, 0.6) is 0 Å². The summed E-state index contributed by atoms with van der Waals surface area (Å²) in [5.74, 6) is -0.245. The van der Waals surface area contributed by atoms with Crippen LogP contribution in [0.1, 0.15) is 16.1 Å². The Kier molecular flexibility index (Phi) is 3.10. The van der Waals surface area contributed by atoms with Gasteiger partial charge in [-0.2, -0.15) is 5.10 Å². The number of aromatic nitrogens is 3. The number of anilines is 1. The van der Waals surface area contributed by atoms with E-state index >= 15 is 0 Å². The van der Waals surface area contributed by atoms with Crippen molar-refractivity contribution in [3.8, 4) is 0 Å². The molecule has 0 aliphatic rings. The molecule has 5 nitrogen and oxygen atoms in total. The number of carbonyl (C=O) groups excluding carboxylic acids is 1. The number of aryl methyl sites for hydroxylation is 2. The van der Waals surface area contributed by atoms with Crippen molar-refractivity contribution in [3.05, 3.63) is 40.9 Å². The Morgan fingerprint density at radius 1 is 1.53 bits per heavy atom. The quantitative estimate of drug-likeness (QED) is 0.830. The fraction of sp³-hybridized carbons (Fsp3) is 0.182. The maximum absolute atomic E-state index is 11.9. The summed E-state index contributed by atoms with van der Waals surface area (Å²) in [7, 11) is 1.76. The van der Waals surface area contributed by atoms with Crippen molar-refractivity contribution < 1.29 is 4.79 Å². The standard InChI is InChI=1S/C11H11ClN4O/c1-7-8(6-16(2)15-7)11(17)14-9-4-3-5-13-10(9)12/h3-6H,1-2H3,(H,14,17). The molecule has 0 bridgehead atoms. The first-order valence-corrected chi connectivity index (χ1v) is 5.38. The summed E-state index contributed by atoms with van der Waals surface area (Å²) in [4.78, 5) is 15.8. The van der Waals surface area contributed by atoms with E-state index in [0.717, 1.165) is 0 Å². The number of rotatable bonds is 2. The minimum atomic E-state index is -0.245. The van der Waals surface area contributed by atoms with Crippen molar-refractivity contribution in [2.75, 3.05) is 5.32 Å². The van der Waals surface area contributed by atoms with Crippen LogP contribution < -0.4 is 5.32 Å². The van der Waals surface area contributed by atoms with Crippen LogP contribution in [0.3, 0.4) is 0 Å². The summed E-state index contributed by atoms with van der Waals surface area (Å²) < 4.78 is 1.59. The van der Waals surface area contributed by atoms with Gasteiger partial charge < -0.3 is 5.32 Å². The first kappa shape index (κ1) is 11.6. The molecule has 1 amide bonds. The van der Waals surface area contributed by atoms with Gasteiger partial charge in [0.1, 0.15) is 0 Å². The molecule has 17 heavy (non-hydrogen) atoms. The van der Waals surface area contributed by atoms with Crippen LogP contribution in [0.2, 0.25) is 5.15 Å². The molecule has 0 saturated heterocycles. The second kappa shape index (κ2) is 4.55. The third-order valence-corrected chi connectivity index (χ3v) is 2.57. The fourth-order valence-electron chi connectivity index (χ4n) is 1.49. The summed E-state index contributed by atoms with van der Waals surface area (Å²) in [6.07, 6.45) is 3.22. The van der Waals surface area contributed by atoms with E-state index in [9.17, 15) is 4.79 Å². The highest BCUT2D eigenvalue weighted by Gasteiger charge is 2.13. The Morgan fingerprint density at radius 3 is 2.88 bits per heavy atom. The summed E-state index contributed by atoms with van der Waals surface area (Å²) in [5, 5.41) is 7.06. The largest absolute Gasteiger partial charge is 0.319 e. The Bertz CT molecular complexity index is 564. The highest BCUT2D eigenvalue weighted by molar-refractivity contribution is 6.32. The molecule has 2 rings (SSSR count). The molecule has 88 valence electrons. The Balaban J connectivity index is 2.23. The number of amides is 1. The van der Waals surface area contributed by atoms with Crippen LogP contribution in [0, 0.1) is 6.92 Å². The van der Waals surface area contributed by atoms with Crippen molar-refractivity contribution >= 4 is 23.2 Å². The molecule has 0 atom stereocenters. The van der Waals surface area contributed by atoms with Gasteiger partial charge in [-0.3, -0.25) is 9.48 Å². The van der Waals surface area contributed by atoms with Gasteiger partial charge in [0.2, 0.25) is 0 Å². The summed E-state index contributed by atoms with van der Waals surface area (Å²) in [6.45, 7) is 1.78. The minimum absolute atomic E-state index is 0.245. The van der Waals surface area contributed by atoms with E-state index in [4.69, 9.17) is 11.6 Å². The van der Waals surface area contributed by atoms with Crippen LogP contribution >= 0.6 is 11.6 Å². The lowest BCUT2D eigenvalue weighted by molar-refractivity contribution is 0.102. The van der Waals surface area contributed by atoms with Crippen LogP contribution in [0.4, 0.5) is 5.69 Å². The van der Waals surface area contributed by atoms with E-state index in [2.05, 4.69) is 15.4 Å². The number of pyridine rings is 1. The smallest absolute Gasteiger partial charge is 0.259 e. The molecular weight excluding hydrogens is 240 g/mol. The molecule has 0 aliphatic carbocycles. The van der Waals surface area contributed by atoms with Crippen molar-refractivity contribution in [3.63, 3.8) is 0 Å². The van der Waals surface area contributed by atoms with E-state index in [1.807, 2.05) is 0 Å². The zero-order chi connectivity index (χ0) is 12.4. The van der Waals surface area contributed by atoms with Gasteiger partial charge >= 0.3 is 0 Å².